The Labute approximate surface area is 109 Å². The van der Waals surface area contributed by atoms with Gasteiger partial charge in [-0.1, -0.05) is 0 Å². The minimum absolute atomic E-state index is 0.00825. The molecule has 0 atom stereocenters. The van der Waals surface area contributed by atoms with Crippen molar-refractivity contribution in [1.29, 1.82) is 0 Å². The van der Waals surface area contributed by atoms with E-state index in [0.717, 1.165) is 0 Å². The van der Waals surface area contributed by atoms with Crippen molar-refractivity contribution in [2.45, 2.75) is 0 Å². The maximum absolute atomic E-state index is 10.9. The average molecular weight is 268 g/mol. The Morgan fingerprint density at radius 1 is 1.37 bits per heavy atom. The molecule has 0 unspecified atom stereocenters. The molecule has 0 aliphatic rings. The van der Waals surface area contributed by atoms with Gasteiger partial charge >= 0.3 is 11.9 Å². The smallest absolute Gasteiger partial charge is 0.396 e. The lowest BCUT2D eigenvalue weighted by Crippen LogP contribution is -2.35. The first-order chi connectivity index (χ1) is 9.04. The van der Waals surface area contributed by atoms with Crippen LogP contribution in [0.5, 0.6) is 0 Å². The molecular weight excluding hydrogens is 252 g/mol. The van der Waals surface area contributed by atoms with E-state index in [9.17, 15) is 9.59 Å². The molecule has 0 saturated carbocycles. The lowest BCUT2D eigenvalue weighted by Gasteiger charge is -2.22. The van der Waals surface area contributed by atoms with Gasteiger partial charge in [0.15, 0.2) is 0 Å². The van der Waals surface area contributed by atoms with Crippen LogP contribution in [-0.4, -0.2) is 48.1 Å². The molecule has 0 fully saturated rings. The fourth-order valence-electron chi connectivity index (χ4n) is 1.36. The molecule has 9 nitrogen and oxygen atoms in total. The summed E-state index contributed by atoms with van der Waals surface area (Å²) in [5.74, 6) is -1.51. The average Bonchev–Trinajstić information content (AvgIpc) is 2.37. The van der Waals surface area contributed by atoms with Crippen molar-refractivity contribution in [2.75, 3.05) is 36.9 Å². The maximum Gasteiger partial charge on any atom is 0.396 e. The van der Waals surface area contributed by atoms with Crippen LogP contribution in [0.3, 0.4) is 0 Å². The number of esters is 1. The van der Waals surface area contributed by atoms with E-state index in [2.05, 4.69) is 14.7 Å². The van der Waals surface area contributed by atoms with Crippen molar-refractivity contribution >= 4 is 23.6 Å². The standard InChI is InChI=1S/C10H16N6O3/c11-2-4-16(5-6-19-9(18)8(12)17)7-1-3-14-10(13)15-7/h1,3H,2,4-6,11H2,(H2,12,17)(H2,13,14,15). The quantitative estimate of drug-likeness (QED) is 0.390. The number of anilines is 2. The van der Waals surface area contributed by atoms with Gasteiger partial charge in [-0.15, -0.1) is 0 Å². The summed E-state index contributed by atoms with van der Waals surface area (Å²) in [6, 6.07) is 1.65. The monoisotopic (exact) mass is 268 g/mol. The van der Waals surface area contributed by atoms with E-state index in [1.807, 2.05) is 0 Å². The van der Waals surface area contributed by atoms with Crippen molar-refractivity contribution in [3.05, 3.63) is 12.3 Å². The molecule has 0 spiro atoms. The number of carbonyl (C=O) groups is 2. The first-order valence-corrected chi connectivity index (χ1v) is 5.54. The summed E-state index contributed by atoms with van der Waals surface area (Å²) in [5, 5.41) is 0. The predicted octanol–water partition coefficient (Wildman–Crippen LogP) is -2.15. The van der Waals surface area contributed by atoms with Crippen LogP contribution in [0.1, 0.15) is 0 Å². The molecule has 1 heterocycles. The first-order valence-electron chi connectivity index (χ1n) is 5.54. The van der Waals surface area contributed by atoms with Crippen molar-refractivity contribution in [3.63, 3.8) is 0 Å². The molecule has 1 aromatic heterocycles. The third kappa shape index (κ3) is 4.76. The molecule has 9 heteroatoms. The highest BCUT2D eigenvalue weighted by molar-refractivity contribution is 6.31. The molecule has 0 aliphatic heterocycles. The van der Waals surface area contributed by atoms with Crippen LogP contribution in [-0.2, 0) is 14.3 Å². The van der Waals surface area contributed by atoms with Crippen LogP contribution in [0, 0.1) is 0 Å². The largest absolute Gasteiger partial charge is 0.457 e. The van der Waals surface area contributed by atoms with E-state index in [4.69, 9.17) is 17.2 Å². The van der Waals surface area contributed by atoms with Crippen molar-refractivity contribution < 1.29 is 14.3 Å². The number of carbonyl (C=O) groups excluding carboxylic acids is 2. The summed E-state index contributed by atoms with van der Waals surface area (Å²) in [4.78, 5) is 30.9. The van der Waals surface area contributed by atoms with Gasteiger partial charge in [0.25, 0.3) is 0 Å². The highest BCUT2D eigenvalue weighted by atomic mass is 16.5. The topological polar surface area (TPSA) is 150 Å². The number of aromatic nitrogens is 2. The molecule has 0 bridgehead atoms. The van der Waals surface area contributed by atoms with Crippen LogP contribution in [0.25, 0.3) is 0 Å². The lowest BCUT2D eigenvalue weighted by molar-refractivity contribution is -0.153. The fraction of sp³-hybridized carbons (Fsp3) is 0.400. The van der Waals surface area contributed by atoms with Gasteiger partial charge in [0.2, 0.25) is 5.95 Å². The summed E-state index contributed by atoms with van der Waals surface area (Å²) in [6.07, 6.45) is 1.51. The number of nitrogen functional groups attached to an aromatic ring is 1. The second-order valence-electron chi connectivity index (χ2n) is 3.55. The Morgan fingerprint density at radius 3 is 2.68 bits per heavy atom. The summed E-state index contributed by atoms with van der Waals surface area (Å²) in [5.41, 5.74) is 15.7. The number of hydrogen-bond acceptors (Lipinski definition) is 8. The molecular formula is C10H16N6O3. The number of nitrogens with zero attached hydrogens (tertiary/aromatic N) is 3. The van der Waals surface area contributed by atoms with Gasteiger partial charge in [0.1, 0.15) is 12.4 Å². The maximum atomic E-state index is 10.9. The van der Waals surface area contributed by atoms with E-state index < -0.39 is 11.9 Å². The van der Waals surface area contributed by atoms with Gasteiger partial charge in [-0.25, -0.2) is 9.78 Å². The van der Waals surface area contributed by atoms with Crippen LogP contribution < -0.4 is 22.1 Å². The Hall–Kier alpha value is -2.42. The van der Waals surface area contributed by atoms with Crippen LogP contribution >= 0.6 is 0 Å². The van der Waals surface area contributed by atoms with E-state index in [-0.39, 0.29) is 12.6 Å². The highest BCUT2D eigenvalue weighted by Crippen LogP contribution is 2.09. The van der Waals surface area contributed by atoms with E-state index in [0.29, 0.717) is 25.5 Å². The molecule has 0 radical (unpaired) electrons. The molecule has 104 valence electrons. The number of rotatable bonds is 6. The summed E-state index contributed by atoms with van der Waals surface area (Å²) in [6.45, 7) is 1.18. The second kappa shape index (κ2) is 7.11. The Bertz CT molecular complexity index is 453. The fourth-order valence-corrected chi connectivity index (χ4v) is 1.36. The van der Waals surface area contributed by atoms with Gasteiger partial charge in [-0.05, 0) is 6.07 Å². The third-order valence-corrected chi connectivity index (χ3v) is 2.18. The van der Waals surface area contributed by atoms with Crippen molar-refractivity contribution in [1.82, 2.24) is 9.97 Å². The molecule has 1 amide bonds. The van der Waals surface area contributed by atoms with Gasteiger partial charge in [-0.2, -0.15) is 4.98 Å². The molecule has 1 aromatic rings. The SMILES string of the molecule is NCCN(CCOC(=O)C(N)=O)c1ccnc(N)n1. The number of primary amides is 1. The van der Waals surface area contributed by atoms with Crippen LogP contribution in [0.2, 0.25) is 0 Å². The summed E-state index contributed by atoms with van der Waals surface area (Å²) < 4.78 is 4.66. The van der Waals surface area contributed by atoms with Gasteiger partial charge in [0.05, 0.1) is 6.54 Å². The second-order valence-corrected chi connectivity index (χ2v) is 3.55. The molecule has 6 N–H and O–H groups in total. The van der Waals surface area contributed by atoms with Gasteiger partial charge < -0.3 is 26.8 Å². The van der Waals surface area contributed by atoms with E-state index >= 15 is 0 Å². The molecule has 0 aliphatic carbocycles. The first kappa shape index (κ1) is 14.6. The number of amides is 1. The Kier molecular flexibility index (Phi) is 5.48. The minimum atomic E-state index is -1.13. The third-order valence-electron chi connectivity index (χ3n) is 2.18. The van der Waals surface area contributed by atoms with E-state index in [1.165, 1.54) is 6.20 Å². The van der Waals surface area contributed by atoms with Gasteiger partial charge in [-0.3, -0.25) is 4.79 Å². The molecule has 0 aromatic carbocycles. The zero-order valence-electron chi connectivity index (χ0n) is 10.3. The predicted molar refractivity (Wildman–Crippen MR) is 67.9 cm³/mol. The Balaban J connectivity index is 2.58. The zero-order valence-corrected chi connectivity index (χ0v) is 10.3. The van der Waals surface area contributed by atoms with Gasteiger partial charge in [0, 0.05) is 19.3 Å². The van der Waals surface area contributed by atoms with Crippen molar-refractivity contribution in [3.8, 4) is 0 Å². The molecule has 0 saturated heterocycles. The molecule has 19 heavy (non-hydrogen) atoms. The van der Waals surface area contributed by atoms with Crippen LogP contribution in [0.15, 0.2) is 12.3 Å². The summed E-state index contributed by atoms with van der Waals surface area (Å²) >= 11 is 0. The number of ether oxygens (including phenoxy) is 1. The van der Waals surface area contributed by atoms with Crippen LogP contribution in [0.4, 0.5) is 11.8 Å². The lowest BCUT2D eigenvalue weighted by atomic mass is 10.4. The van der Waals surface area contributed by atoms with E-state index in [1.54, 1.807) is 11.0 Å². The Morgan fingerprint density at radius 2 is 2.11 bits per heavy atom. The highest BCUT2D eigenvalue weighted by Gasteiger charge is 2.12. The number of hydrogen-bond donors (Lipinski definition) is 3. The zero-order chi connectivity index (χ0) is 14.3. The molecule has 1 rings (SSSR count). The minimum Gasteiger partial charge on any atom is -0.457 e. The summed E-state index contributed by atoms with van der Waals surface area (Å²) in [7, 11) is 0. The normalized spacial score (nSPS) is 9.95. The number of nitrogens with two attached hydrogens (primary N) is 3. The van der Waals surface area contributed by atoms with Crippen molar-refractivity contribution in [2.24, 2.45) is 11.5 Å².